The fourth-order valence-electron chi connectivity index (χ4n) is 6.38. The Balaban J connectivity index is 1.30. The number of amides is 1. The number of anilines is 1. The highest BCUT2D eigenvalue weighted by Crippen LogP contribution is 2.46. The van der Waals surface area contributed by atoms with Gasteiger partial charge >= 0.3 is 5.97 Å². The largest absolute Gasteiger partial charge is 0.493 e. The summed E-state index contributed by atoms with van der Waals surface area (Å²) >= 11 is 0. The number of carbonyl (C=O) groups excluding carboxylic acids is 1. The van der Waals surface area contributed by atoms with Crippen LogP contribution in [0.3, 0.4) is 0 Å². The molecule has 0 spiro atoms. The summed E-state index contributed by atoms with van der Waals surface area (Å²) in [5.41, 5.74) is -0.477. The molecule has 0 aliphatic carbocycles. The second kappa shape index (κ2) is 14.0. The highest BCUT2D eigenvalue weighted by Gasteiger charge is 2.52. The maximum Gasteiger partial charge on any atom is 0.310 e. The first-order valence-electron chi connectivity index (χ1n) is 15.7. The van der Waals surface area contributed by atoms with Crippen LogP contribution in [0.4, 0.5) is 11.4 Å². The summed E-state index contributed by atoms with van der Waals surface area (Å²) in [6.07, 6.45) is 4.66. The molecule has 1 amide bonds. The van der Waals surface area contributed by atoms with E-state index in [0.717, 1.165) is 32.1 Å². The molecule has 250 valence electrons. The molecule has 2 aliphatic rings. The van der Waals surface area contributed by atoms with E-state index in [1.165, 1.54) is 25.3 Å². The topological polar surface area (TPSA) is 141 Å². The number of non-ortho nitro benzene ring substituents is 1. The smallest absolute Gasteiger partial charge is 0.310 e. The first-order chi connectivity index (χ1) is 22.5. The van der Waals surface area contributed by atoms with Crippen LogP contribution in [0.1, 0.15) is 56.3 Å². The zero-order valence-electron chi connectivity index (χ0n) is 27.1. The van der Waals surface area contributed by atoms with Crippen LogP contribution >= 0.6 is 0 Å². The zero-order chi connectivity index (χ0) is 33.8. The van der Waals surface area contributed by atoms with Gasteiger partial charge in [-0.05, 0) is 87.7 Å². The number of fused-ring (bicyclic) bond motifs is 2. The molecule has 0 radical (unpaired) electrons. The minimum atomic E-state index is -0.904. The van der Waals surface area contributed by atoms with Gasteiger partial charge in [-0.15, -0.1) is 0 Å². The molecule has 12 nitrogen and oxygen atoms in total. The molecule has 2 unspecified atom stereocenters. The van der Waals surface area contributed by atoms with E-state index in [9.17, 15) is 24.8 Å². The van der Waals surface area contributed by atoms with Gasteiger partial charge in [0.25, 0.3) is 11.6 Å². The molecule has 0 aromatic heterocycles. The second-order valence-electron chi connectivity index (χ2n) is 12.6. The van der Waals surface area contributed by atoms with Gasteiger partial charge in [0.15, 0.2) is 17.2 Å². The van der Waals surface area contributed by atoms with Crippen molar-refractivity contribution in [2.24, 2.45) is 5.41 Å². The maximum absolute atomic E-state index is 13.8. The number of ether oxygens (including phenoxy) is 4. The Morgan fingerprint density at radius 1 is 1.00 bits per heavy atom. The number of nitrogens with zero attached hydrogens (tertiary/aromatic N) is 3. The Morgan fingerprint density at radius 2 is 1.70 bits per heavy atom. The van der Waals surface area contributed by atoms with Crippen LogP contribution in [0, 0.1) is 15.5 Å². The number of hydrogen-bond donors (Lipinski definition) is 1. The van der Waals surface area contributed by atoms with Crippen LogP contribution in [0.25, 0.3) is 0 Å². The van der Waals surface area contributed by atoms with Gasteiger partial charge in [0, 0.05) is 56.4 Å². The molecule has 2 atom stereocenters. The molecule has 2 bridgehead atoms. The first-order valence-corrected chi connectivity index (χ1v) is 15.7. The number of nitro groups is 1. The van der Waals surface area contributed by atoms with Crippen LogP contribution in [0.5, 0.6) is 23.0 Å². The van der Waals surface area contributed by atoms with E-state index >= 15 is 0 Å². The molecule has 47 heavy (non-hydrogen) atoms. The van der Waals surface area contributed by atoms with Gasteiger partial charge in [-0.1, -0.05) is 0 Å². The average molecular weight is 648 g/mol. The molecule has 2 saturated heterocycles. The summed E-state index contributed by atoms with van der Waals surface area (Å²) in [4.78, 5) is 40.2. The van der Waals surface area contributed by atoms with Crippen LogP contribution in [-0.2, 0) is 9.53 Å². The Bertz CT molecular complexity index is 1590. The number of piperidine rings is 1. The first kappa shape index (κ1) is 33.7. The van der Waals surface area contributed by atoms with Gasteiger partial charge in [0.2, 0.25) is 0 Å². The number of rotatable bonds is 14. The lowest BCUT2D eigenvalue weighted by molar-refractivity contribution is -0.384. The lowest BCUT2D eigenvalue weighted by Gasteiger charge is -2.46. The van der Waals surface area contributed by atoms with Crippen LogP contribution in [0.15, 0.2) is 66.7 Å². The summed E-state index contributed by atoms with van der Waals surface area (Å²) in [6, 6.07) is 18.4. The van der Waals surface area contributed by atoms with E-state index in [1.54, 1.807) is 74.4 Å². The van der Waals surface area contributed by atoms with Gasteiger partial charge in [0.1, 0.15) is 11.5 Å². The summed E-state index contributed by atoms with van der Waals surface area (Å²) in [7, 11) is 2.98. The number of aliphatic carboxylic acids is 1. The van der Waals surface area contributed by atoms with Gasteiger partial charge in [-0.3, -0.25) is 24.6 Å². The fraction of sp³-hybridized carbons (Fsp3) is 0.429. The van der Waals surface area contributed by atoms with E-state index in [-0.39, 0.29) is 17.3 Å². The molecule has 2 fully saturated rings. The molecule has 3 aromatic carbocycles. The molecular weight excluding hydrogens is 606 g/mol. The minimum absolute atomic E-state index is 0.112. The van der Waals surface area contributed by atoms with Crippen molar-refractivity contribution in [2.45, 2.75) is 57.7 Å². The van der Waals surface area contributed by atoms with E-state index in [2.05, 4.69) is 4.90 Å². The number of carboxylic acid groups (broad SMARTS) is 1. The van der Waals surface area contributed by atoms with E-state index in [4.69, 9.17) is 18.9 Å². The molecule has 2 aliphatic heterocycles. The summed E-state index contributed by atoms with van der Waals surface area (Å²) in [6.45, 7) is 4.54. The molecule has 5 rings (SSSR count). The highest BCUT2D eigenvalue weighted by molar-refractivity contribution is 6.06. The third-order valence-corrected chi connectivity index (χ3v) is 8.99. The molecule has 0 saturated carbocycles. The Kier molecular flexibility index (Phi) is 10.0. The summed E-state index contributed by atoms with van der Waals surface area (Å²) < 4.78 is 23.1. The summed E-state index contributed by atoms with van der Waals surface area (Å²) in [5, 5.41) is 20.9. The standard InChI is InChI=1S/C35H41N3O9/c1-34(2,33(40)41)23-37-26-6-5-18-35(37,19-17-26)47-29-12-7-24(8-13-29)32(39)36(20-21-44-3)25-9-14-28(15-10-25)46-30-16-11-27(38(42)43)22-31(30)45-4/h7-16,22,26H,5-6,17-21,23H2,1-4H3,(H,40,41). The van der Waals surface area contributed by atoms with Crippen molar-refractivity contribution in [2.75, 3.05) is 38.8 Å². The second-order valence-corrected chi connectivity index (χ2v) is 12.6. The maximum atomic E-state index is 13.8. The van der Waals surface area contributed by atoms with Crippen molar-refractivity contribution in [3.8, 4) is 23.0 Å². The third-order valence-electron chi connectivity index (χ3n) is 8.99. The minimum Gasteiger partial charge on any atom is -0.493 e. The van der Waals surface area contributed by atoms with Crippen molar-refractivity contribution in [1.82, 2.24) is 4.90 Å². The molecule has 1 N–H and O–H groups in total. The molecule has 3 aromatic rings. The van der Waals surface area contributed by atoms with E-state index < -0.39 is 22.0 Å². The number of benzene rings is 3. The number of nitro benzene ring substituents is 1. The highest BCUT2D eigenvalue weighted by atomic mass is 16.6. The lowest BCUT2D eigenvalue weighted by Crippen LogP contribution is -2.57. The van der Waals surface area contributed by atoms with Gasteiger partial charge in [-0.25, -0.2) is 0 Å². The van der Waals surface area contributed by atoms with Gasteiger partial charge in [0.05, 0.1) is 30.1 Å². The van der Waals surface area contributed by atoms with Crippen molar-refractivity contribution in [1.29, 1.82) is 0 Å². The monoisotopic (exact) mass is 647 g/mol. The SMILES string of the molecule is COCCN(C(=O)c1ccc(OC23CCCC(CC2)N3CC(C)(C)C(=O)O)cc1)c1ccc(Oc2ccc([N+](=O)[O-])cc2OC)cc1. The Labute approximate surface area is 273 Å². The van der Waals surface area contributed by atoms with Crippen molar-refractivity contribution >= 4 is 23.3 Å². The predicted octanol–water partition coefficient (Wildman–Crippen LogP) is 6.52. The predicted molar refractivity (Wildman–Crippen MR) is 175 cm³/mol. The lowest BCUT2D eigenvalue weighted by atomic mass is 9.89. The van der Waals surface area contributed by atoms with Crippen molar-refractivity contribution in [3.05, 3.63) is 82.4 Å². The quantitative estimate of drug-likeness (QED) is 0.152. The number of methoxy groups -OCH3 is 2. The fourth-order valence-corrected chi connectivity index (χ4v) is 6.38. The van der Waals surface area contributed by atoms with Gasteiger partial charge in [-0.2, -0.15) is 0 Å². The third kappa shape index (κ3) is 7.34. The van der Waals surface area contributed by atoms with Crippen LogP contribution < -0.4 is 19.1 Å². The molecular formula is C35H41N3O9. The number of carbonyl (C=O) groups is 2. The molecule has 12 heteroatoms. The Hall–Kier alpha value is -4.68. The van der Waals surface area contributed by atoms with Crippen molar-refractivity contribution < 1.29 is 38.6 Å². The van der Waals surface area contributed by atoms with E-state index in [0.29, 0.717) is 54.2 Å². The van der Waals surface area contributed by atoms with Gasteiger partial charge < -0.3 is 29.0 Å². The average Bonchev–Trinajstić information content (AvgIpc) is 3.22. The van der Waals surface area contributed by atoms with Crippen molar-refractivity contribution in [3.63, 3.8) is 0 Å². The summed E-state index contributed by atoms with van der Waals surface area (Å²) in [5.74, 6) is 0.578. The van der Waals surface area contributed by atoms with Crippen LogP contribution in [0.2, 0.25) is 0 Å². The van der Waals surface area contributed by atoms with E-state index in [1.807, 2.05) is 0 Å². The number of carboxylic acids is 1. The van der Waals surface area contributed by atoms with Crippen LogP contribution in [-0.4, -0.2) is 72.5 Å². The zero-order valence-corrected chi connectivity index (χ0v) is 27.1. The Morgan fingerprint density at radius 3 is 2.34 bits per heavy atom. The molecule has 2 heterocycles. The normalized spacial score (nSPS) is 19.2. The number of hydrogen-bond acceptors (Lipinski definition) is 9.